The van der Waals surface area contributed by atoms with E-state index in [1.165, 1.54) is 6.92 Å². The molecule has 0 unspecified atom stereocenters. The highest BCUT2D eigenvalue weighted by Crippen LogP contribution is 2.22. The molecule has 1 heterocycles. The van der Waals surface area contributed by atoms with E-state index in [2.05, 4.69) is 5.32 Å². The Hall–Kier alpha value is -3.23. The predicted molar refractivity (Wildman–Crippen MR) is 89.5 cm³/mol. The summed E-state index contributed by atoms with van der Waals surface area (Å²) in [4.78, 5) is 25.2. The third-order valence-electron chi connectivity index (χ3n) is 4.24. The maximum Gasteiger partial charge on any atom is 0.277 e. The van der Waals surface area contributed by atoms with Crippen LogP contribution in [0.5, 0.6) is 0 Å². The zero-order valence-electron chi connectivity index (χ0n) is 14.5. The normalized spacial score (nSPS) is 13.9. The van der Waals surface area contributed by atoms with E-state index in [-0.39, 0.29) is 35.5 Å². The number of anilines is 1. The molecule has 2 aromatic carbocycles. The summed E-state index contributed by atoms with van der Waals surface area (Å²) in [5, 5.41) is 2.48. The summed E-state index contributed by atoms with van der Waals surface area (Å²) in [6, 6.07) is 3.50. The van der Waals surface area contributed by atoms with Crippen molar-refractivity contribution in [1.82, 2.24) is 4.90 Å². The van der Waals surface area contributed by atoms with E-state index in [1.807, 2.05) is 0 Å². The number of nitrogens with zero attached hydrogens (tertiary/aromatic N) is 1. The molecular formula is C19H13F5N2O2. The van der Waals surface area contributed by atoms with Crippen LogP contribution in [0, 0.1) is 36.0 Å². The van der Waals surface area contributed by atoms with Gasteiger partial charge in [-0.3, -0.25) is 14.5 Å². The molecule has 0 bridgehead atoms. The van der Waals surface area contributed by atoms with Crippen LogP contribution in [0.4, 0.5) is 27.6 Å². The van der Waals surface area contributed by atoms with Crippen LogP contribution in [-0.2, 0) is 16.0 Å². The quantitative estimate of drug-likeness (QED) is 0.477. The molecule has 0 fully saturated rings. The van der Waals surface area contributed by atoms with Gasteiger partial charge in [0, 0.05) is 23.9 Å². The first kappa shape index (κ1) is 19.5. The second kappa shape index (κ2) is 7.41. The minimum atomic E-state index is -1.61. The van der Waals surface area contributed by atoms with E-state index < -0.39 is 40.9 Å². The first-order chi connectivity index (χ1) is 13.2. The first-order valence-electron chi connectivity index (χ1n) is 8.11. The van der Waals surface area contributed by atoms with Gasteiger partial charge in [-0.15, -0.1) is 0 Å². The number of benzene rings is 2. The maximum atomic E-state index is 13.6. The fourth-order valence-corrected chi connectivity index (χ4v) is 2.68. The van der Waals surface area contributed by atoms with Crippen LogP contribution in [-0.4, -0.2) is 23.3 Å². The summed E-state index contributed by atoms with van der Waals surface area (Å²) < 4.78 is 66.7. The van der Waals surface area contributed by atoms with Crippen molar-refractivity contribution in [3.63, 3.8) is 0 Å². The van der Waals surface area contributed by atoms with Gasteiger partial charge in [0.05, 0.1) is 0 Å². The second-order valence-electron chi connectivity index (χ2n) is 6.17. The molecule has 0 spiro atoms. The van der Waals surface area contributed by atoms with Crippen molar-refractivity contribution >= 4 is 17.5 Å². The summed E-state index contributed by atoms with van der Waals surface area (Å²) in [5.74, 6) is -7.48. The van der Waals surface area contributed by atoms with Crippen molar-refractivity contribution in [2.45, 2.75) is 13.3 Å². The Labute approximate surface area is 156 Å². The van der Waals surface area contributed by atoms with Gasteiger partial charge in [-0.2, -0.15) is 0 Å². The zero-order chi connectivity index (χ0) is 20.6. The monoisotopic (exact) mass is 396 g/mol. The van der Waals surface area contributed by atoms with E-state index in [9.17, 15) is 31.5 Å². The Bertz CT molecular complexity index is 973. The highest BCUT2D eigenvalue weighted by atomic mass is 19.2. The van der Waals surface area contributed by atoms with Crippen molar-refractivity contribution in [2.75, 3.05) is 11.9 Å². The predicted octanol–water partition coefficient (Wildman–Crippen LogP) is 3.60. The number of halogens is 5. The number of carbonyl (C=O) groups is 2. The fraction of sp³-hybridized carbons (Fsp3) is 0.158. The molecular weight excluding hydrogens is 383 g/mol. The lowest BCUT2D eigenvalue weighted by Gasteiger charge is -2.15. The molecule has 0 atom stereocenters. The highest BCUT2D eigenvalue weighted by Gasteiger charge is 2.31. The highest BCUT2D eigenvalue weighted by molar-refractivity contribution is 6.17. The van der Waals surface area contributed by atoms with Crippen LogP contribution in [0.1, 0.15) is 11.1 Å². The van der Waals surface area contributed by atoms with Gasteiger partial charge < -0.3 is 5.32 Å². The van der Waals surface area contributed by atoms with Crippen LogP contribution < -0.4 is 5.32 Å². The number of imide groups is 1. The molecule has 2 amide bonds. The Balaban J connectivity index is 1.70. The van der Waals surface area contributed by atoms with Crippen LogP contribution >= 0.6 is 0 Å². The number of carbonyl (C=O) groups excluding carboxylic acids is 2. The average Bonchev–Trinajstić information content (AvgIpc) is 2.89. The van der Waals surface area contributed by atoms with E-state index in [0.29, 0.717) is 0 Å². The molecule has 4 nitrogen and oxygen atoms in total. The van der Waals surface area contributed by atoms with Crippen molar-refractivity contribution in [2.24, 2.45) is 0 Å². The molecule has 2 aromatic rings. The van der Waals surface area contributed by atoms with Gasteiger partial charge in [0.25, 0.3) is 11.8 Å². The molecule has 146 valence electrons. The molecule has 1 N–H and O–H groups in total. The van der Waals surface area contributed by atoms with Crippen molar-refractivity contribution in [3.05, 3.63) is 76.3 Å². The standard InChI is InChI=1S/C19H13F5N2O2/c1-9-12(20)6-11(7-13(9)21)25-16-8-17(27)26(19(16)28)3-2-10-4-14(22)18(24)15(23)5-10/h4-8,25H,2-3H2,1H3. The minimum absolute atomic E-state index is 0.0566. The van der Waals surface area contributed by atoms with E-state index in [4.69, 9.17) is 0 Å². The molecule has 1 aliphatic heterocycles. The number of rotatable bonds is 5. The molecule has 0 saturated heterocycles. The SMILES string of the molecule is Cc1c(F)cc(NC2=CC(=O)N(CCc3cc(F)c(F)c(F)c3)C2=O)cc1F. The van der Waals surface area contributed by atoms with Gasteiger partial charge in [0.2, 0.25) is 0 Å². The topological polar surface area (TPSA) is 49.4 Å². The maximum absolute atomic E-state index is 13.6. The van der Waals surface area contributed by atoms with Gasteiger partial charge in [-0.05, 0) is 43.2 Å². The second-order valence-corrected chi connectivity index (χ2v) is 6.17. The molecule has 3 rings (SSSR count). The number of amides is 2. The van der Waals surface area contributed by atoms with Gasteiger partial charge in [-0.1, -0.05) is 0 Å². The summed E-state index contributed by atoms with van der Waals surface area (Å²) in [6.45, 7) is 1.03. The number of nitrogens with one attached hydrogen (secondary N) is 1. The lowest BCUT2D eigenvalue weighted by Crippen LogP contribution is -2.34. The third kappa shape index (κ3) is 3.73. The van der Waals surface area contributed by atoms with Crippen LogP contribution in [0.25, 0.3) is 0 Å². The Morgan fingerprint density at radius 1 is 0.893 bits per heavy atom. The molecule has 0 aliphatic carbocycles. The van der Waals surface area contributed by atoms with Gasteiger partial charge in [0.15, 0.2) is 17.5 Å². The zero-order valence-corrected chi connectivity index (χ0v) is 14.5. The van der Waals surface area contributed by atoms with Crippen molar-refractivity contribution in [1.29, 1.82) is 0 Å². The smallest absolute Gasteiger partial charge is 0.277 e. The van der Waals surface area contributed by atoms with Crippen LogP contribution in [0.2, 0.25) is 0 Å². The Kier molecular flexibility index (Phi) is 5.17. The Morgan fingerprint density at radius 3 is 2.04 bits per heavy atom. The summed E-state index contributed by atoms with van der Waals surface area (Å²) in [5.41, 5.74) is -0.392. The third-order valence-corrected chi connectivity index (χ3v) is 4.24. The number of hydrogen-bond acceptors (Lipinski definition) is 3. The van der Waals surface area contributed by atoms with Gasteiger partial charge >= 0.3 is 0 Å². The average molecular weight is 396 g/mol. The minimum Gasteiger partial charge on any atom is -0.351 e. The lowest BCUT2D eigenvalue weighted by molar-refractivity contribution is -0.137. The molecule has 28 heavy (non-hydrogen) atoms. The molecule has 9 heteroatoms. The molecule has 0 saturated carbocycles. The summed E-state index contributed by atoms with van der Waals surface area (Å²) in [6.07, 6.45) is 0.838. The van der Waals surface area contributed by atoms with Crippen molar-refractivity contribution in [3.8, 4) is 0 Å². The summed E-state index contributed by atoms with van der Waals surface area (Å²) >= 11 is 0. The number of hydrogen-bond donors (Lipinski definition) is 1. The van der Waals surface area contributed by atoms with Gasteiger partial charge in [-0.25, -0.2) is 22.0 Å². The lowest BCUT2D eigenvalue weighted by atomic mass is 10.1. The molecule has 0 aromatic heterocycles. The van der Waals surface area contributed by atoms with Crippen molar-refractivity contribution < 1.29 is 31.5 Å². The van der Waals surface area contributed by atoms with Crippen LogP contribution in [0.15, 0.2) is 36.0 Å². The fourth-order valence-electron chi connectivity index (χ4n) is 2.68. The van der Waals surface area contributed by atoms with E-state index in [0.717, 1.165) is 35.2 Å². The molecule has 0 radical (unpaired) electrons. The summed E-state index contributed by atoms with van der Waals surface area (Å²) in [7, 11) is 0. The largest absolute Gasteiger partial charge is 0.351 e. The van der Waals surface area contributed by atoms with E-state index >= 15 is 0 Å². The first-order valence-corrected chi connectivity index (χ1v) is 8.11. The molecule has 1 aliphatic rings. The van der Waals surface area contributed by atoms with Gasteiger partial charge in [0.1, 0.15) is 17.3 Å². The van der Waals surface area contributed by atoms with Crippen LogP contribution in [0.3, 0.4) is 0 Å². The van der Waals surface area contributed by atoms with E-state index in [1.54, 1.807) is 0 Å². The Morgan fingerprint density at radius 2 is 1.46 bits per heavy atom.